The normalized spacial score (nSPS) is 14.0. The summed E-state index contributed by atoms with van der Waals surface area (Å²) in [7, 11) is 0. The van der Waals surface area contributed by atoms with Crippen LogP contribution in [0.1, 0.15) is 73.3 Å². The predicted molar refractivity (Wildman–Crippen MR) is 120 cm³/mol. The molecule has 2 aromatic rings. The number of hydrogen-bond acceptors (Lipinski definition) is 2. The third kappa shape index (κ3) is 5.73. The van der Waals surface area contributed by atoms with E-state index in [1.165, 1.54) is 10.9 Å². The average Bonchev–Trinajstić information content (AvgIpc) is 2.64. The second kappa shape index (κ2) is 8.98. The van der Waals surface area contributed by atoms with Gasteiger partial charge in [0.05, 0.1) is 0 Å². The van der Waals surface area contributed by atoms with Crippen LogP contribution in [0, 0.1) is 5.41 Å². The van der Waals surface area contributed by atoms with Crippen molar-refractivity contribution in [2.24, 2.45) is 5.41 Å². The number of amides is 1. The molecule has 2 rings (SSSR count). The lowest BCUT2D eigenvalue weighted by Gasteiger charge is -2.36. The maximum atomic E-state index is 13.1. The molecule has 0 spiro atoms. The molecule has 3 heteroatoms. The van der Waals surface area contributed by atoms with Crippen molar-refractivity contribution in [3.8, 4) is 0 Å². The second-order valence-corrected chi connectivity index (χ2v) is 9.20. The lowest BCUT2D eigenvalue weighted by molar-refractivity contribution is 0.0561. The van der Waals surface area contributed by atoms with Crippen LogP contribution in [0.5, 0.6) is 0 Å². The van der Waals surface area contributed by atoms with E-state index in [-0.39, 0.29) is 11.5 Å². The minimum absolute atomic E-state index is 0.0622. The van der Waals surface area contributed by atoms with E-state index in [1.54, 1.807) is 0 Å². The van der Waals surface area contributed by atoms with Gasteiger partial charge < -0.3 is 4.74 Å². The Hall–Kier alpha value is -2.03. The Labute approximate surface area is 171 Å². The number of aryl methyl sites for hydroxylation is 1. The van der Waals surface area contributed by atoms with Crippen molar-refractivity contribution in [3.05, 3.63) is 42.0 Å². The minimum atomic E-state index is -0.518. The van der Waals surface area contributed by atoms with Gasteiger partial charge in [-0.3, -0.25) is 4.90 Å². The number of nitrogens with zero attached hydrogens (tertiary/aromatic N) is 1. The van der Waals surface area contributed by atoms with E-state index in [9.17, 15) is 4.79 Å². The van der Waals surface area contributed by atoms with Gasteiger partial charge in [-0.05, 0) is 73.9 Å². The molecule has 1 unspecified atom stereocenters. The van der Waals surface area contributed by atoms with Crippen molar-refractivity contribution in [1.29, 1.82) is 0 Å². The molecule has 0 radical (unpaired) electrons. The Balaban J connectivity index is 2.44. The van der Waals surface area contributed by atoms with Crippen LogP contribution in [-0.2, 0) is 11.2 Å². The molecule has 0 N–H and O–H groups in total. The zero-order chi connectivity index (χ0) is 20.9. The molecule has 0 aliphatic carbocycles. The fraction of sp³-hybridized carbons (Fsp3) is 0.560. The average molecular weight is 384 g/mol. The number of anilines is 1. The largest absolute Gasteiger partial charge is 0.443 e. The van der Waals surface area contributed by atoms with Crippen LogP contribution in [0.2, 0.25) is 0 Å². The topological polar surface area (TPSA) is 29.5 Å². The fourth-order valence-corrected chi connectivity index (χ4v) is 3.60. The third-order valence-corrected chi connectivity index (χ3v) is 5.47. The predicted octanol–water partition coefficient (Wildman–Crippen LogP) is 7.36. The molecule has 0 fully saturated rings. The summed E-state index contributed by atoms with van der Waals surface area (Å²) in [5.41, 5.74) is 1.77. The zero-order valence-electron chi connectivity index (χ0n) is 18.8. The van der Waals surface area contributed by atoms with Gasteiger partial charge in [0.2, 0.25) is 0 Å². The standard InChI is InChI=1S/C25H37NO2/c1-8-15-25(7,10-3)18-26(23(27)28-24(4,5)6)22-14-13-20-16-19(9-2)11-12-21(20)17-22/h11-14,16-17H,8-10,15,18H2,1-7H3. The molecule has 0 saturated heterocycles. The lowest BCUT2D eigenvalue weighted by Crippen LogP contribution is -2.43. The number of fused-ring (bicyclic) bond motifs is 1. The molecule has 0 aliphatic heterocycles. The number of carbonyl (C=O) groups excluding carboxylic acids is 1. The van der Waals surface area contributed by atoms with E-state index >= 15 is 0 Å². The highest BCUT2D eigenvalue weighted by Gasteiger charge is 2.31. The van der Waals surface area contributed by atoms with Crippen LogP contribution in [0.15, 0.2) is 36.4 Å². The Morgan fingerprint density at radius 3 is 2.18 bits per heavy atom. The molecule has 0 heterocycles. The summed E-state index contributed by atoms with van der Waals surface area (Å²) in [5.74, 6) is 0. The highest BCUT2D eigenvalue weighted by atomic mass is 16.6. The molecule has 0 aromatic heterocycles. The first-order valence-corrected chi connectivity index (χ1v) is 10.6. The Kier molecular flexibility index (Phi) is 7.14. The first-order chi connectivity index (χ1) is 13.1. The second-order valence-electron chi connectivity index (χ2n) is 9.20. The van der Waals surface area contributed by atoms with Gasteiger partial charge in [0.1, 0.15) is 5.60 Å². The van der Waals surface area contributed by atoms with E-state index in [1.807, 2.05) is 31.7 Å². The SMILES string of the molecule is CCCC(C)(CC)CN(C(=O)OC(C)(C)C)c1ccc2cc(CC)ccc2c1. The van der Waals surface area contributed by atoms with Gasteiger partial charge in [-0.15, -0.1) is 0 Å². The van der Waals surface area contributed by atoms with Gasteiger partial charge in [0.25, 0.3) is 0 Å². The van der Waals surface area contributed by atoms with Crippen LogP contribution in [0.4, 0.5) is 10.5 Å². The summed E-state index contributed by atoms with van der Waals surface area (Å²) in [6.45, 7) is 15.2. The van der Waals surface area contributed by atoms with E-state index in [0.29, 0.717) is 6.54 Å². The number of hydrogen-bond donors (Lipinski definition) is 0. The highest BCUT2D eigenvalue weighted by Crippen LogP contribution is 2.33. The Bertz CT molecular complexity index is 806. The maximum absolute atomic E-state index is 13.1. The van der Waals surface area contributed by atoms with Gasteiger partial charge in [-0.2, -0.15) is 0 Å². The third-order valence-electron chi connectivity index (χ3n) is 5.47. The number of ether oxygens (including phenoxy) is 1. The van der Waals surface area contributed by atoms with Gasteiger partial charge in [-0.25, -0.2) is 4.79 Å². The zero-order valence-corrected chi connectivity index (χ0v) is 18.8. The van der Waals surface area contributed by atoms with Crippen molar-refractivity contribution in [3.63, 3.8) is 0 Å². The fourth-order valence-electron chi connectivity index (χ4n) is 3.60. The van der Waals surface area contributed by atoms with E-state index in [2.05, 4.69) is 58.0 Å². The Morgan fingerprint density at radius 2 is 1.61 bits per heavy atom. The first kappa shape index (κ1) is 22.3. The molecule has 3 nitrogen and oxygen atoms in total. The molecule has 2 aromatic carbocycles. The molecule has 1 amide bonds. The lowest BCUT2D eigenvalue weighted by atomic mass is 9.82. The number of carbonyl (C=O) groups is 1. The Morgan fingerprint density at radius 1 is 0.964 bits per heavy atom. The summed E-state index contributed by atoms with van der Waals surface area (Å²) >= 11 is 0. The van der Waals surface area contributed by atoms with Crippen LogP contribution in [0.25, 0.3) is 10.8 Å². The summed E-state index contributed by atoms with van der Waals surface area (Å²) in [4.78, 5) is 14.9. The van der Waals surface area contributed by atoms with Crippen LogP contribution >= 0.6 is 0 Å². The summed E-state index contributed by atoms with van der Waals surface area (Å²) in [6.07, 6.45) is 3.95. The monoisotopic (exact) mass is 383 g/mol. The van der Waals surface area contributed by atoms with Crippen molar-refractivity contribution in [2.75, 3.05) is 11.4 Å². The van der Waals surface area contributed by atoms with Crippen molar-refractivity contribution < 1.29 is 9.53 Å². The maximum Gasteiger partial charge on any atom is 0.414 e. The quantitative estimate of drug-likeness (QED) is 0.500. The molecular weight excluding hydrogens is 346 g/mol. The molecule has 0 aliphatic rings. The molecular formula is C25H37NO2. The highest BCUT2D eigenvalue weighted by molar-refractivity contribution is 5.93. The number of benzene rings is 2. The van der Waals surface area contributed by atoms with Crippen molar-refractivity contribution >= 4 is 22.6 Å². The molecule has 0 bridgehead atoms. The van der Waals surface area contributed by atoms with Crippen LogP contribution in [0.3, 0.4) is 0 Å². The molecule has 1 atom stereocenters. The summed E-state index contributed by atoms with van der Waals surface area (Å²) < 4.78 is 5.76. The van der Waals surface area contributed by atoms with E-state index in [0.717, 1.165) is 36.8 Å². The van der Waals surface area contributed by atoms with Crippen molar-refractivity contribution in [1.82, 2.24) is 0 Å². The van der Waals surface area contributed by atoms with E-state index < -0.39 is 5.60 Å². The summed E-state index contributed by atoms with van der Waals surface area (Å²) in [5, 5.41) is 2.36. The first-order valence-electron chi connectivity index (χ1n) is 10.6. The van der Waals surface area contributed by atoms with Gasteiger partial charge in [-0.1, -0.05) is 58.4 Å². The van der Waals surface area contributed by atoms with Gasteiger partial charge >= 0.3 is 6.09 Å². The van der Waals surface area contributed by atoms with Crippen molar-refractivity contribution in [2.45, 2.75) is 79.8 Å². The summed E-state index contributed by atoms with van der Waals surface area (Å²) in [6, 6.07) is 12.8. The van der Waals surface area contributed by atoms with E-state index in [4.69, 9.17) is 4.74 Å². The van der Waals surface area contributed by atoms with Crippen LogP contribution < -0.4 is 4.90 Å². The smallest absolute Gasteiger partial charge is 0.414 e. The molecule has 154 valence electrons. The van der Waals surface area contributed by atoms with Crippen LogP contribution in [-0.4, -0.2) is 18.2 Å². The molecule has 0 saturated carbocycles. The number of rotatable bonds is 7. The van der Waals surface area contributed by atoms with Gasteiger partial charge in [0, 0.05) is 12.2 Å². The molecule has 28 heavy (non-hydrogen) atoms. The minimum Gasteiger partial charge on any atom is -0.443 e. The van der Waals surface area contributed by atoms with Gasteiger partial charge in [0.15, 0.2) is 0 Å².